The zero-order valence-corrected chi connectivity index (χ0v) is 15.7. The van der Waals surface area contributed by atoms with Gasteiger partial charge >= 0.3 is 0 Å². The van der Waals surface area contributed by atoms with Crippen molar-refractivity contribution in [3.63, 3.8) is 0 Å². The van der Waals surface area contributed by atoms with Crippen LogP contribution < -0.4 is 0 Å². The van der Waals surface area contributed by atoms with Crippen LogP contribution in [0.5, 0.6) is 0 Å². The zero-order chi connectivity index (χ0) is 18.5. The van der Waals surface area contributed by atoms with Crippen molar-refractivity contribution in [2.45, 2.75) is 30.6 Å². The third-order valence-electron chi connectivity index (χ3n) is 6.56. The second-order valence-corrected chi connectivity index (χ2v) is 8.44. The standard InChI is InChI=1S/C24H20ClNO/c25-19-11-9-17(10-12-19)22(27)24-15-23(16-24,18-6-2-1-3-7-18)14-20(24)21-8-4-5-13-26-21/h1-13,20H,14-16H2/t20-,23?,24?/m0/s1. The van der Waals surface area contributed by atoms with Gasteiger partial charge in [-0.05, 0) is 66.6 Å². The smallest absolute Gasteiger partial charge is 0.169 e. The second-order valence-electron chi connectivity index (χ2n) is 8.00. The third-order valence-corrected chi connectivity index (χ3v) is 6.81. The van der Waals surface area contributed by atoms with Crippen LogP contribution in [0.3, 0.4) is 0 Å². The molecule has 2 aromatic carbocycles. The lowest BCUT2D eigenvalue weighted by Gasteiger charge is -2.48. The summed E-state index contributed by atoms with van der Waals surface area (Å²) in [6, 6.07) is 24.0. The van der Waals surface area contributed by atoms with Crippen LogP contribution in [-0.4, -0.2) is 10.8 Å². The zero-order valence-electron chi connectivity index (χ0n) is 14.9. The average Bonchev–Trinajstić information content (AvgIpc) is 3.22. The number of hydrogen-bond donors (Lipinski definition) is 0. The van der Waals surface area contributed by atoms with E-state index >= 15 is 0 Å². The van der Waals surface area contributed by atoms with Gasteiger partial charge in [0.2, 0.25) is 0 Å². The molecule has 0 N–H and O–H groups in total. The van der Waals surface area contributed by atoms with E-state index < -0.39 is 0 Å². The molecule has 27 heavy (non-hydrogen) atoms. The predicted molar refractivity (Wildman–Crippen MR) is 107 cm³/mol. The number of nitrogens with zero attached hydrogens (tertiary/aromatic N) is 1. The van der Waals surface area contributed by atoms with Gasteiger partial charge in [0, 0.05) is 33.8 Å². The number of aromatic nitrogens is 1. The summed E-state index contributed by atoms with van der Waals surface area (Å²) < 4.78 is 0. The Hall–Kier alpha value is -2.45. The van der Waals surface area contributed by atoms with Crippen molar-refractivity contribution < 1.29 is 4.79 Å². The van der Waals surface area contributed by atoms with Gasteiger partial charge in [0.25, 0.3) is 0 Å². The first kappa shape index (κ1) is 16.7. The van der Waals surface area contributed by atoms with Crippen molar-refractivity contribution in [2.75, 3.05) is 0 Å². The first-order chi connectivity index (χ1) is 13.1. The SMILES string of the molecule is O=C(c1ccc(Cl)cc1)C12CC(c3ccccc3)(C[C@H]1c1ccccn1)C2. The molecule has 0 aliphatic heterocycles. The van der Waals surface area contributed by atoms with Gasteiger partial charge in [0.1, 0.15) is 0 Å². The van der Waals surface area contributed by atoms with Gasteiger partial charge in [-0.25, -0.2) is 0 Å². The van der Waals surface area contributed by atoms with Crippen molar-refractivity contribution >= 4 is 17.4 Å². The minimum Gasteiger partial charge on any atom is -0.294 e. The Balaban J connectivity index is 1.57. The Bertz CT molecular complexity index is 976. The summed E-state index contributed by atoms with van der Waals surface area (Å²) in [5, 5.41) is 0.656. The van der Waals surface area contributed by atoms with Crippen LogP contribution in [0.15, 0.2) is 79.0 Å². The number of hydrogen-bond acceptors (Lipinski definition) is 2. The number of benzene rings is 2. The third kappa shape index (κ3) is 2.47. The second kappa shape index (κ2) is 6.03. The number of pyridine rings is 1. The van der Waals surface area contributed by atoms with Crippen LogP contribution in [0, 0.1) is 5.41 Å². The number of carbonyl (C=O) groups excluding carboxylic acids is 1. The van der Waals surface area contributed by atoms with Crippen LogP contribution >= 0.6 is 11.6 Å². The van der Waals surface area contributed by atoms with E-state index in [-0.39, 0.29) is 22.5 Å². The van der Waals surface area contributed by atoms with E-state index in [4.69, 9.17) is 11.6 Å². The first-order valence-corrected chi connectivity index (χ1v) is 9.78. The van der Waals surface area contributed by atoms with Crippen LogP contribution in [-0.2, 0) is 5.41 Å². The molecule has 2 bridgehead atoms. The molecule has 3 aliphatic carbocycles. The maximum Gasteiger partial charge on any atom is 0.169 e. The quantitative estimate of drug-likeness (QED) is 0.539. The van der Waals surface area contributed by atoms with Crippen molar-refractivity contribution in [1.29, 1.82) is 0 Å². The molecule has 0 spiro atoms. The molecule has 3 saturated carbocycles. The molecule has 3 fully saturated rings. The van der Waals surface area contributed by atoms with Gasteiger partial charge in [0.05, 0.1) is 0 Å². The highest BCUT2D eigenvalue weighted by atomic mass is 35.5. The highest BCUT2D eigenvalue weighted by molar-refractivity contribution is 6.30. The lowest BCUT2D eigenvalue weighted by molar-refractivity contribution is 0.0537. The van der Waals surface area contributed by atoms with Gasteiger partial charge in [-0.2, -0.15) is 0 Å². The Morgan fingerprint density at radius 2 is 1.63 bits per heavy atom. The topological polar surface area (TPSA) is 30.0 Å². The maximum atomic E-state index is 13.6. The summed E-state index contributed by atoms with van der Waals surface area (Å²) in [6.45, 7) is 0. The summed E-state index contributed by atoms with van der Waals surface area (Å²) in [5.41, 5.74) is 2.87. The molecular formula is C24H20ClNO. The molecule has 3 aromatic rings. The number of rotatable bonds is 4. The van der Waals surface area contributed by atoms with E-state index in [1.807, 2.05) is 30.5 Å². The van der Waals surface area contributed by atoms with Crippen LogP contribution in [0.4, 0.5) is 0 Å². The minimum absolute atomic E-state index is 0.0888. The molecule has 0 unspecified atom stereocenters. The van der Waals surface area contributed by atoms with Crippen molar-refractivity contribution in [3.05, 3.63) is 101 Å². The Morgan fingerprint density at radius 3 is 2.30 bits per heavy atom. The molecule has 2 nitrogen and oxygen atoms in total. The summed E-state index contributed by atoms with van der Waals surface area (Å²) in [5.74, 6) is 0.390. The number of carbonyl (C=O) groups is 1. The van der Waals surface area contributed by atoms with Crippen molar-refractivity contribution in [2.24, 2.45) is 5.41 Å². The molecule has 0 amide bonds. The summed E-state index contributed by atoms with van der Waals surface area (Å²) >= 11 is 6.03. The molecule has 1 heterocycles. The molecule has 3 aliphatic rings. The fraction of sp³-hybridized carbons (Fsp3) is 0.250. The van der Waals surface area contributed by atoms with E-state index in [2.05, 4.69) is 41.4 Å². The summed E-state index contributed by atoms with van der Waals surface area (Å²) in [7, 11) is 0. The maximum absolute atomic E-state index is 13.6. The van der Waals surface area contributed by atoms with Crippen molar-refractivity contribution in [1.82, 2.24) is 4.98 Å². The molecule has 6 rings (SSSR count). The number of fused-ring (bicyclic) bond motifs is 1. The number of Topliss-reactive ketones (excluding diaryl/α,β-unsaturated/α-hetero) is 1. The fourth-order valence-electron chi connectivity index (χ4n) is 5.42. The van der Waals surface area contributed by atoms with E-state index in [0.29, 0.717) is 5.02 Å². The lowest BCUT2D eigenvalue weighted by atomic mass is 9.54. The lowest BCUT2D eigenvalue weighted by Crippen LogP contribution is -2.47. The van der Waals surface area contributed by atoms with Gasteiger partial charge in [0.15, 0.2) is 5.78 Å². The van der Waals surface area contributed by atoms with Crippen LogP contribution in [0.25, 0.3) is 0 Å². The molecule has 3 heteroatoms. The Kier molecular flexibility index (Phi) is 3.73. The van der Waals surface area contributed by atoms with E-state index in [0.717, 1.165) is 30.5 Å². The Morgan fingerprint density at radius 1 is 0.926 bits per heavy atom. The van der Waals surface area contributed by atoms with Gasteiger partial charge in [-0.15, -0.1) is 0 Å². The highest BCUT2D eigenvalue weighted by Gasteiger charge is 2.70. The van der Waals surface area contributed by atoms with Crippen LogP contribution in [0.2, 0.25) is 5.02 Å². The summed E-state index contributed by atoms with van der Waals surface area (Å²) in [6.07, 6.45) is 4.60. The molecule has 0 radical (unpaired) electrons. The number of ketones is 1. The Labute approximate surface area is 164 Å². The molecule has 1 atom stereocenters. The van der Waals surface area contributed by atoms with Crippen LogP contribution in [0.1, 0.15) is 46.8 Å². The van der Waals surface area contributed by atoms with E-state index in [1.165, 1.54) is 5.56 Å². The first-order valence-electron chi connectivity index (χ1n) is 9.40. The normalized spacial score (nSPS) is 28.6. The van der Waals surface area contributed by atoms with Crippen molar-refractivity contribution in [3.8, 4) is 0 Å². The molecule has 1 aromatic heterocycles. The van der Waals surface area contributed by atoms with Gasteiger partial charge in [-0.1, -0.05) is 48.0 Å². The molecule has 134 valence electrons. The minimum atomic E-state index is -0.363. The monoisotopic (exact) mass is 373 g/mol. The highest BCUT2D eigenvalue weighted by Crippen LogP contribution is 2.73. The average molecular weight is 374 g/mol. The predicted octanol–water partition coefficient (Wildman–Crippen LogP) is 5.82. The van der Waals surface area contributed by atoms with Gasteiger partial charge < -0.3 is 0 Å². The number of halogens is 1. The largest absolute Gasteiger partial charge is 0.294 e. The van der Waals surface area contributed by atoms with E-state index in [1.54, 1.807) is 12.1 Å². The molecule has 0 saturated heterocycles. The van der Waals surface area contributed by atoms with Gasteiger partial charge in [-0.3, -0.25) is 9.78 Å². The van der Waals surface area contributed by atoms with E-state index in [9.17, 15) is 4.79 Å². The molecular weight excluding hydrogens is 354 g/mol. The fourth-order valence-corrected chi connectivity index (χ4v) is 5.55. The summed E-state index contributed by atoms with van der Waals surface area (Å²) in [4.78, 5) is 18.2.